The normalized spacial score (nSPS) is 22.7. The molecule has 0 aromatic carbocycles. The minimum Gasteiger partial charge on any atom is -0.229 e. The summed E-state index contributed by atoms with van der Waals surface area (Å²) in [5.74, 6) is 0.352. The molecular weight excluding hydrogens is 228 g/mol. The molecule has 0 amide bonds. The Labute approximate surface area is 76.4 Å². The molecule has 1 aliphatic rings. The van der Waals surface area contributed by atoms with E-state index in [9.17, 15) is 8.42 Å². The van der Waals surface area contributed by atoms with E-state index in [1.54, 1.807) is 0 Å². The van der Waals surface area contributed by atoms with Gasteiger partial charge in [0.2, 0.25) is 0 Å². The molecule has 66 valence electrons. The maximum absolute atomic E-state index is 11.0. The van der Waals surface area contributed by atoms with Gasteiger partial charge in [-0.15, -0.1) is 0 Å². The van der Waals surface area contributed by atoms with Gasteiger partial charge in [0.15, 0.2) is 0 Å². The first kappa shape index (κ1) is 9.52. The molecule has 0 saturated heterocycles. The van der Waals surface area contributed by atoms with Crippen molar-refractivity contribution in [3.05, 3.63) is 0 Å². The number of hydrogen-bond acceptors (Lipinski definition) is 2. The Balaban J connectivity index is 2.59. The van der Waals surface area contributed by atoms with Gasteiger partial charge in [-0.05, 0) is 18.3 Å². The van der Waals surface area contributed by atoms with Crippen LogP contribution in [-0.4, -0.2) is 25.8 Å². The summed E-state index contributed by atoms with van der Waals surface area (Å²) >= 11 is 3.37. The number of alkyl halides is 1. The summed E-state index contributed by atoms with van der Waals surface area (Å²) in [5, 5.41) is 0.826. The van der Waals surface area contributed by atoms with E-state index in [1.807, 2.05) is 0 Å². The van der Waals surface area contributed by atoms with Gasteiger partial charge in [-0.25, -0.2) is 8.42 Å². The Bertz CT molecular complexity index is 223. The van der Waals surface area contributed by atoms with Gasteiger partial charge < -0.3 is 0 Å². The van der Waals surface area contributed by atoms with E-state index >= 15 is 0 Å². The molecule has 1 fully saturated rings. The molecule has 11 heavy (non-hydrogen) atoms. The van der Waals surface area contributed by atoms with Crippen LogP contribution in [0.3, 0.4) is 0 Å². The molecule has 0 N–H and O–H groups in total. The maximum atomic E-state index is 11.0. The highest BCUT2D eigenvalue weighted by atomic mass is 79.9. The smallest absolute Gasteiger partial charge is 0.148 e. The van der Waals surface area contributed by atoms with Crippen molar-refractivity contribution in [3.63, 3.8) is 0 Å². The second-order valence-corrected chi connectivity index (χ2v) is 6.26. The number of halogens is 1. The maximum Gasteiger partial charge on any atom is 0.148 e. The van der Waals surface area contributed by atoms with Crippen LogP contribution in [0.25, 0.3) is 0 Å². The van der Waals surface area contributed by atoms with Crippen molar-refractivity contribution in [1.29, 1.82) is 0 Å². The molecule has 1 aliphatic carbocycles. The summed E-state index contributed by atoms with van der Waals surface area (Å²) in [6, 6.07) is 0. The van der Waals surface area contributed by atoms with Gasteiger partial charge in [0.05, 0.1) is 5.75 Å². The van der Waals surface area contributed by atoms with Gasteiger partial charge in [-0.3, -0.25) is 0 Å². The average molecular weight is 241 g/mol. The summed E-state index contributed by atoms with van der Waals surface area (Å²) in [4.78, 5) is 0. The predicted molar refractivity (Wildman–Crippen MR) is 49.8 cm³/mol. The van der Waals surface area contributed by atoms with Crippen molar-refractivity contribution in [3.8, 4) is 0 Å². The summed E-state index contributed by atoms with van der Waals surface area (Å²) < 4.78 is 22.0. The Morgan fingerprint density at radius 2 is 2.00 bits per heavy atom. The third kappa shape index (κ3) is 2.44. The monoisotopic (exact) mass is 240 g/mol. The molecule has 0 heterocycles. The minimum atomic E-state index is -2.78. The first-order valence-electron chi connectivity index (χ1n) is 3.71. The van der Waals surface area contributed by atoms with Crippen molar-refractivity contribution >= 4 is 25.8 Å². The standard InChI is InChI=1S/C7H13BrO2S/c1-11(9,10)6-7(5-8)3-2-4-7/h2-6H2,1H3. The summed E-state index contributed by atoms with van der Waals surface area (Å²) in [7, 11) is -2.78. The summed E-state index contributed by atoms with van der Waals surface area (Å²) in [5.41, 5.74) is 0.0770. The van der Waals surface area contributed by atoms with E-state index in [2.05, 4.69) is 15.9 Å². The molecule has 1 saturated carbocycles. The first-order chi connectivity index (χ1) is 4.97. The fraction of sp³-hybridized carbons (Fsp3) is 1.00. The molecule has 0 radical (unpaired) electrons. The van der Waals surface area contributed by atoms with Crippen LogP contribution >= 0.6 is 15.9 Å². The lowest BCUT2D eigenvalue weighted by atomic mass is 9.72. The Hall–Kier alpha value is 0.430. The van der Waals surface area contributed by atoms with Crippen molar-refractivity contribution < 1.29 is 8.42 Å². The van der Waals surface area contributed by atoms with E-state index in [1.165, 1.54) is 12.7 Å². The van der Waals surface area contributed by atoms with Gasteiger partial charge in [-0.1, -0.05) is 22.4 Å². The van der Waals surface area contributed by atoms with Crippen molar-refractivity contribution in [1.82, 2.24) is 0 Å². The number of hydrogen-bond donors (Lipinski definition) is 0. The van der Waals surface area contributed by atoms with E-state index in [0.717, 1.165) is 18.2 Å². The highest BCUT2D eigenvalue weighted by Crippen LogP contribution is 2.43. The average Bonchev–Trinajstić information content (AvgIpc) is 1.77. The molecule has 2 nitrogen and oxygen atoms in total. The highest BCUT2D eigenvalue weighted by molar-refractivity contribution is 9.09. The van der Waals surface area contributed by atoms with Crippen LogP contribution in [0.2, 0.25) is 0 Å². The second kappa shape index (κ2) is 3.05. The topological polar surface area (TPSA) is 34.1 Å². The number of sulfone groups is 1. The third-order valence-corrected chi connectivity index (χ3v) is 4.59. The molecule has 0 aromatic rings. The second-order valence-electron chi connectivity index (χ2n) is 3.56. The fourth-order valence-corrected chi connectivity index (χ4v) is 4.07. The van der Waals surface area contributed by atoms with Gasteiger partial charge in [0.25, 0.3) is 0 Å². The van der Waals surface area contributed by atoms with Crippen LogP contribution in [0, 0.1) is 5.41 Å². The zero-order valence-electron chi connectivity index (χ0n) is 6.64. The Morgan fingerprint density at radius 1 is 1.45 bits per heavy atom. The molecule has 0 unspecified atom stereocenters. The number of rotatable bonds is 3. The molecular formula is C7H13BrO2S. The lowest BCUT2D eigenvalue weighted by Crippen LogP contribution is -2.37. The predicted octanol–water partition coefficient (Wildman–Crippen LogP) is 1.60. The summed E-state index contributed by atoms with van der Waals surface area (Å²) in [6.45, 7) is 0. The van der Waals surface area contributed by atoms with E-state index in [0.29, 0.717) is 5.75 Å². The van der Waals surface area contributed by atoms with E-state index in [4.69, 9.17) is 0 Å². The van der Waals surface area contributed by atoms with Crippen LogP contribution in [0.15, 0.2) is 0 Å². The molecule has 4 heteroatoms. The van der Waals surface area contributed by atoms with Gasteiger partial charge in [0.1, 0.15) is 9.84 Å². The van der Waals surface area contributed by atoms with Crippen LogP contribution in [0.5, 0.6) is 0 Å². The molecule has 0 atom stereocenters. The third-order valence-electron chi connectivity index (χ3n) is 2.27. The lowest BCUT2D eigenvalue weighted by Gasteiger charge is -2.39. The largest absolute Gasteiger partial charge is 0.229 e. The molecule has 0 aromatic heterocycles. The molecule has 0 bridgehead atoms. The molecule has 0 spiro atoms. The fourth-order valence-electron chi connectivity index (χ4n) is 1.55. The van der Waals surface area contributed by atoms with Crippen LogP contribution in [0.1, 0.15) is 19.3 Å². The van der Waals surface area contributed by atoms with Crippen molar-refractivity contribution in [2.24, 2.45) is 5.41 Å². The molecule has 1 rings (SSSR count). The lowest BCUT2D eigenvalue weighted by molar-refractivity contribution is 0.203. The van der Waals surface area contributed by atoms with E-state index in [-0.39, 0.29) is 5.41 Å². The van der Waals surface area contributed by atoms with Crippen LogP contribution in [-0.2, 0) is 9.84 Å². The Morgan fingerprint density at radius 3 is 2.09 bits per heavy atom. The van der Waals surface area contributed by atoms with E-state index < -0.39 is 9.84 Å². The van der Waals surface area contributed by atoms with Gasteiger partial charge in [0, 0.05) is 11.6 Å². The zero-order valence-corrected chi connectivity index (χ0v) is 9.04. The van der Waals surface area contributed by atoms with Gasteiger partial charge >= 0.3 is 0 Å². The first-order valence-corrected chi connectivity index (χ1v) is 6.89. The molecule has 0 aliphatic heterocycles. The Kier molecular flexibility index (Phi) is 2.64. The van der Waals surface area contributed by atoms with Crippen LogP contribution in [0.4, 0.5) is 0 Å². The summed E-state index contributed by atoms with van der Waals surface area (Å²) in [6.07, 6.45) is 4.62. The zero-order chi connectivity index (χ0) is 8.54. The van der Waals surface area contributed by atoms with Crippen LogP contribution < -0.4 is 0 Å². The SMILES string of the molecule is CS(=O)(=O)CC1(CBr)CCC1. The van der Waals surface area contributed by atoms with Gasteiger partial charge in [-0.2, -0.15) is 0 Å². The quantitative estimate of drug-likeness (QED) is 0.703. The van der Waals surface area contributed by atoms with Crippen molar-refractivity contribution in [2.45, 2.75) is 19.3 Å². The van der Waals surface area contributed by atoms with Crippen molar-refractivity contribution in [2.75, 3.05) is 17.3 Å². The highest BCUT2D eigenvalue weighted by Gasteiger charge is 2.38. The minimum absolute atomic E-state index is 0.0770.